The van der Waals surface area contributed by atoms with Gasteiger partial charge in [-0.15, -0.1) is 0 Å². The Balaban J connectivity index is 1.79. The van der Waals surface area contributed by atoms with Gasteiger partial charge in [-0.25, -0.2) is 0 Å². The van der Waals surface area contributed by atoms with E-state index in [9.17, 15) is 5.11 Å². The van der Waals surface area contributed by atoms with E-state index in [0.717, 1.165) is 26.1 Å². The van der Waals surface area contributed by atoms with Crippen molar-refractivity contribution in [3.63, 3.8) is 0 Å². The monoisotopic (exact) mass is 213 g/mol. The molecule has 0 amide bonds. The maximum absolute atomic E-state index is 9.31. The Kier molecular flexibility index (Phi) is 4.42. The molecule has 0 aromatic rings. The average Bonchev–Trinajstić information content (AvgIpc) is 2.31. The first-order valence-corrected chi connectivity index (χ1v) is 6.36. The molecule has 2 aliphatic rings. The molecule has 2 atom stereocenters. The Bertz CT molecular complexity index is 180. The molecular weight excluding hydrogens is 190 g/mol. The van der Waals surface area contributed by atoms with Gasteiger partial charge < -0.3 is 9.84 Å². The zero-order valence-corrected chi connectivity index (χ0v) is 9.53. The zero-order valence-electron chi connectivity index (χ0n) is 9.53. The number of nitrogens with zero attached hydrogens (tertiary/aromatic N) is 1. The van der Waals surface area contributed by atoms with Crippen LogP contribution in [-0.4, -0.2) is 48.5 Å². The molecule has 0 saturated carbocycles. The van der Waals surface area contributed by atoms with E-state index in [1.807, 2.05) is 0 Å². The molecule has 2 heterocycles. The molecule has 0 radical (unpaired) electrons. The van der Waals surface area contributed by atoms with Crippen molar-refractivity contribution >= 4 is 0 Å². The second-order valence-corrected chi connectivity index (χ2v) is 4.82. The Morgan fingerprint density at radius 2 is 2.00 bits per heavy atom. The number of rotatable bonds is 3. The molecule has 0 bridgehead atoms. The molecule has 2 saturated heterocycles. The van der Waals surface area contributed by atoms with E-state index >= 15 is 0 Å². The topological polar surface area (TPSA) is 32.7 Å². The van der Waals surface area contributed by atoms with Gasteiger partial charge in [0, 0.05) is 19.2 Å². The van der Waals surface area contributed by atoms with Crippen molar-refractivity contribution in [1.29, 1.82) is 0 Å². The Morgan fingerprint density at radius 3 is 2.73 bits per heavy atom. The highest BCUT2D eigenvalue weighted by atomic mass is 16.5. The minimum Gasteiger partial charge on any atom is -0.395 e. The van der Waals surface area contributed by atoms with Crippen LogP contribution in [0, 0.1) is 0 Å². The summed E-state index contributed by atoms with van der Waals surface area (Å²) in [4.78, 5) is 2.43. The summed E-state index contributed by atoms with van der Waals surface area (Å²) < 4.78 is 5.75. The lowest BCUT2D eigenvalue weighted by Gasteiger charge is -2.37. The third kappa shape index (κ3) is 3.16. The van der Waals surface area contributed by atoms with Gasteiger partial charge in [-0.2, -0.15) is 0 Å². The predicted octanol–water partition coefficient (Wildman–Crippen LogP) is 1.40. The van der Waals surface area contributed by atoms with Crippen LogP contribution in [0.5, 0.6) is 0 Å². The van der Waals surface area contributed by atoms with Crippen LogP contribution in [0.15, 0.2) is 0 Å². The molecule has 88 valence electrons. The number of hydrogen-bond donors (Lipinski definition) is 1. The number of likely N-dealkylation sites (tertiary alicyclic amines) is 1. The van der Waals surface area contributed by atoms with Crippen LogP contribution in [0.2, 0.25) is 0 Å². The third-order valence-corrected chi connectivity index (χ3v) is 3.67. The summed E-state index contributed by atoms with van der Waals surface area (Å²) in [6, 6.07) is 0.393. The van der Waals surface area contributed by atoms with Gasteiger partial charge in [-0.1, -0.05) is 6.42 Å². The van der Waals surface area contributed by atoms with Crippen molar-refractivity contribution in [2.75, 3.05) is 26.3 Å². The summed E-state index contributed by atoms with van der Waals surface area (Å²) in [7, 11) is 0. The van der Waals surface area contributed by atoms with Crippen molar-refractivity contribution in [1.82, 2.24) is 4.90 Å². The lowest BCUT2D eigenvalue weighted by atomic mass is 10.0. The Morgan fingerprint density at radius 1 is 1.13 bits per heavy atom. The number of piperidine rings is 1. The smallest absolute Gasteiger partial charge is 0.0702 e. The van der Waals surface area contributed by atoms with Gasteiger partial charge in [0.25, 0.3) is 0 Å². The third-order valence-electron chi connectivity index (χ3n) is 3.67. The first kappa shape index (κ1) is 11.4. The van der Waals surface area contributed by atoms with Crippen molar-refractivity contribution in [3.8, 4) is 0 Å². The van der Waals surface area contributed by atoms with E-state index in [4.69, 9.17) is 4.74 Å². The van der Waals surface area contributed by atoms with E-state index in [0.29, 0.717) is 18.8 Å². The van der Waals surface area contributed by atoms with Gasteiger partial charge in [0.05, 0.1) is 12.7 Å². The van der Waals surface area contributed by atoms with Crippen molar-refractivity contribution in [2.45, 2.75) is 50.7 Å². The standard InChI is InChI=1S/C12H23NO2/c14-10-11-5-1-3-7-13(11)9-12-6-2-4-8-15-12/h11-12,14H,1-10H2. The molecule has 0 aliphatic carbocycles. The minimum absolute atomic E-state index is 0.312. The molecule has 15 heavy (non-hydrogen) atoms. The number of aliphatic hydroxyl groups excluding tert-OH is 1. The molecule has 0 spiro atoms. The van der Waals surface area contributed by atoms with Crippen molar-refractivity contribution < 1.29 is 9.84 Å². The summed E-state index contributed by atoms with van der Waals surface area (Å²) in [5.41, 5.74) is 0. The Hall–Kier alpha value is -0.120. The van der Waals surface area contributed by atoms with E-state index < -0.39 is 0 Å². The van der Waals surface area contributed by atoms with Crippen LogP contribution in [0.4, 0.5) is 0 Å². The molecule has 0 aromatic heterocycles. The molecule has 2 aliphatic heterocycles. The van der Waals surface area contributed by atoms with Crippen LogP contribution in [0.1, 0.15) is 38.5 Å². The molecule has 2 fully saturated rings. The maximum Gasteiger partial charge on any atom is 0.0702 e. The molecule has 3 heteroatoms. The highest BCUT2D eigenvalue weighted by molar-refractivity contribution is 4.79. The fraction of sp³-hybridized carbons (Fsp3) is 1.00. The van der Waals surface area contributed by atoms with Gasteiger partial charge in [0.2, 0.25) is 0 Å². The highest BCUT2D eigenvalue weighted by Gasteiger charge is 2.25. The largest absolute Gasteiger partial charge is 0.395 e. The molecular formula is C12H23NO2. The zero-order chi connectivity index (χ0) is 10.5. The molecule has 2 rings (SSSR count). The summed E-state index contributed by atoms with van der Waals surface area (Å²) in [5, 5.41) is 9.31. The van der Waals surface area contributed by atoms with E-state index in [-0.39, 0.29) is 0 Å². The van der Waals surface area contributed by atoms with Gasteiger partial charge >= 0.3 is 0 Å². The molecule has 3 nitrogen and oxygen atoms in total. The minimum atomic E-state index is 0.312. The fourth-order valence-corrected chi connectivity index (χ4v) is 2.72. The van der Waals surface area contributed by atoms with Crippen LogP contribution in [0.25, 0.3) is 0 Å². The second-order valence-electron chi connectivity index (χ2n) is 4.82. The average molecular weight is 213 g/mol. The SMILES string of the molecule is OCC1CCCCN1CC1CCCCO1. The molecule has 2 unspecified atom stereocenters. The van der Waals surface area contributed by atoms with E-state index in [1.165, 1.54) is 32.1 Å². The second kappa shape index (κ2) is 5.83. The summed E-state index contributed by atoms with van der Waals surface area (Å²) in [6.07, 6.45) is 7.86. The van der Waals surface area contributed by atoms with Crippen molar-refractivity contribution in [2.24, 2.45) is 0 Å². The van der Waals surface area contributed by atoms with E-state index in [1.54, 1.807) is 0 Å². The first-order chi connectivity index (χ1) is 7.40. The normalized spacial score (nSPS) is 34.2. The number of ether oxygens (including phenoxy) is 1. The van der Waals surface area contributed by atoms with Gasteiger partial charge in [0.1, 0.15) is 0 Å². The van der Waals surface area contributed by atoms with E-state index in [2.05, 4.69) is 4.90 Å². The molecule has 1 N–H and O–H groups in total. The van der Waals surface area contributed by atoms with Gasteiger partial charge in [-0.3, -0.25) is 4.90 Å². The van der Waals surface area contributed by atoms with Crippen LogP contribution >= 0.6 is 0 Å². The Labute approximate surface area is 92.4 Å². The molecule has 0 aromatic carbocycles. The fourth-order valence-electron chi connectivity index (χ4n) is 2.72. The highest BCUT2D eigenvalue weighted by Crippen LogP contribution is 2.20. The lowest BCUT2D eigenvalue weighted by molar-refractivity contribution is -0.0257. The van der Waals surface area contributed by atoms with Crippen LogP contribution < -0.4 is 0 Å². The number of hydrogen-bond acceptors (Lipinski definition) is 3. The predicted molar refractivity (Wildman–Crippen MR) is 59.9 cm³/mol. The lowest BCUT2D eigenvalue weighted by Crippen LogP contribution is -2.46. The maximum atomic E-state index is 9.31. The van der Waals surface area contributed by atoms with Gasteiger partial charge in [0.15, 0.2) is 0 Å². The quantitative estimate of drug-likeness (QED) is 0.769. The first-order valence-electron chi connectivity index (χ1n) is 6.36. The van der Waals surface area contributed by atoms with Crippen molar-refractivity contribution in [3.05, 3.63) is 0 Å². The summed E-state index contributed by atoms with van der Waals surface area (Å²) >= 11 is 0. The van der Waals surface area contributed by atoms with Crippen LogP contribution in [-0.2, 0) is 4.74 Å². The summed E-state index contributed by atoms with van der Waals surface area (Å²) in [5.74, 6) is 0. The number of aliphatic hydroxyl groups is 1. The van der Waals surface area contributed by atoms with Gasteiger partial charge in [-0.05, 0) is 38.6 Å². The summed E-state index contributed by atoms with van der Waals surface area (Å²) in [6.45, 7) is 3.42. The van der Waals surface area contributed by atoms with Crippen LogP contribution in [0.3, 0.4) is 0 Å².